The second-order valence-corrected chi connectivity index (χ2v) is 4.00. The molecule has 1 saturated heterocycles. The second kappa shape index (κ2) is 5.26. The summed E-state index contributed by atoms with van der Waals surface area (Å²) in [5, 5.41) is 12.6. The van der Waals surface area contributed by atoms with E-state index in [4.69, 9.17) is 0 Å². The standard InChI is InChI=1S/C12H18N2O/c15-10-12-8-13-6-7-14(12)9-11-4-2-1-3-5-11/h1-5,12-13,15H,6-10H2. The van der Waals surface area contributed by atoms with Gasteiger partial charge in [0.25, 0.3) is 0 Å². The van der Waals surface area contributed by atoms with E-state index >= 15 is 0 Å². The van der Waals surface area contributed by atoms with Crippen LogP contribution in [0.4, 0.5) is 0 Å². The van der Waals surface area contributed by atoms with Crippen LogP contribution in [0.1, 0.15) is 5.56 Å². The lowest BCUT2D eigenvalue weighted by molar-refractivity contribution is 0.0946. The Morgan fingerprint density at radius 1 is 1.33 bits per heavy atom. The number of nitrogens with one attached hydrogen (secondary N) is 1. The van der Waals surface area contributed by atoms with Crippen molar-refractivity contribution in [1.82, 2.24) is 10.2 Å². The highest BCUT2D eigenvalue weighted by atomic mass is 16.3. The predicted octanol–water partition coefficient (Wildman–Crippen LogP) is 0.453. The fourth-order valence-electron chi connectivity index (χ4n) is 2.01. The van der Waals surface area contributed by atoms with Crippen LogP contribution in [0.15, 0.2) is 30.3 Å². The molecule has 1 unspecified atom stereocenters. The highest BCUT2D eigenvalue weighted by Crippen LogP contribution is 2.09. The van der Waals surface area contributed by atoms with Gasteiger partial charge in [-0.25, -0.2) is 0 Å². The molecule has 1 atom stereocenters. The zero-order chi connectivity index (χ0) is 10.5. The van der Waals surface area contributed by atoms with Crippen molar-refractivity contribution in [3.8, 4) is 0 Å². The van der Waals surface area contributed by atoms with E-state index in [-0.39, 0.29) is 12.6 Å². The van der Waals surface area contributed by atoms with E-state index < -0.39 is 0 Å². The van der Waals surface area contributed by atoms with Crippen LogP contribution in [-0.4, -0.2) is 42.3 Å². The summed E-state index contributed by atoms with van der Waals surface area (Å²) in [6.07, 6.45) is 0. The number of aliphatic hydroxyl groups is 1. The molecule has 2 rings (SSSR count). The van der Waals surface area contributed by atoms with Gasteiger partial charge in [-0.15, -0.1) is 0 Å². The van der Waals surface area contributed by atoms with Crippen molar-refractivity contribution in [1.29, 1.82) is 0 Å². The average Bonchev–Trinajstić information content (AvgIpc) is 2.31. The molecule has 1 aromatic carbocycles. The van der Waals surface area contributed by atoms with Gasteiger partial charge in [-0.2, -0.15) is 0 Å². The summed E-state index contributed by atoms with van der Waals surface area (Å²) in [4.78, 5) is 2.34. The van der Waals surface area contributed by atoms with Crippen LogP contribution in [0.2, 0.25) is 0 Å². The molecule has 0 spiro atoms. The zero-order valence-electron chi connectivity index (χ0n) is 8.89. The first-order chi connectivity index (χ1) is 7.40. The quantitative estimate of drug-likeness (QED) is 0.754. The van der Waals surface area contributed by atoms with Gasteiger partial charge in [-0.05, 0) is 5.56 Å². The number of hydrogen-bond acceptors (Lipinski definition) is 3. The van der Waals surface area contributed by atoms with E-state index in [1.807, 2.05) is 6.07 Å². The van der Waals surface area contributed by atoms with Crippen molar-refractivity contribution in [3.63, 3.8) is 0 Å². The first-order valence-electron chi connectivity index (χ1n) is 5.49. The van der Waals surface area contributed by atoms with Gasteiger partial charge in [-0.3, -0.25) is 4.90 Å². The Bertz CT molecular complexity index is 289. The van der Waals surface area contributed by atoms with Crippen LogP contribution >= 0.6 is 0 Å². The van der Waals surface area contributed by atoms with Crippen LogP contribution in [0, 0.1) is 0 Å². The Balaban J connectivity index is 1.97. The van der Waals surface area contributed by atoms with Gasteiger partial charge in [0.2, 0.25) is 0 Å². The summed E-state index contributed by atoms with van der Waals surface area (Å²) in [7, 11) is 0. The lowest BCUT2D eigenvalue weighted by Gasteiger charge is -2.35. The minimum absolute atomic E-state index is 0.236. The van der Waals surface area contributed by atoms with Crippen LogP contribution in [0.3, 0.4) is 0 Å². The van der Waals surface area contributed by atoms with Gasteiger partial charge in [0.1, 0.15) is 0 Å². The van der Waals surface area contributed by atoms with E-state index in [1.165, 1.54) is 5.56 Å². The second-order valence-electron chi connectivity index (χ2n) is 4.00. The van der Waals surface area contributed by atoms with E-state index in [0.717, 1.165) is 26.2 Å². The molecule has 0 aromatic heterocycles. The minimum Gasteiger partial charge on any atom is -0.395 e. The predicted molar refractivity (Wildman–Crippen MR) is 60.6 cm³/mol. The summed E-state index contributed by atoms with van der Waals surface area (Å²) >= 11 is 0. The maximum Gasteiger partial charge on any atom is 0.0599 e. The fourth-order valence-corrected chi connectivity index (χ4v) is 2.01. The molecule has 0 aliphatic carbocycles. The summed E-state index contributed by atoms with van der Waals surface area (Å²) < 4.78 is 0. The summed E-state index contributed by atoms with van der Waals surface area (Å²) in [5.74, 6) is 0. The highest BCUT2D eigenvalue weighted by molar-refractivity contribution is 5.14. The Hall–Kier alpha value is -0.900. The van der Waals surface area contributed by atoms with E-state index in [2.05, 4.69) is 34.5 Å². The van der Waals surface area contributed by atoms with Gasteiger partial charge < -0.3 is 10.4 Å². The van der Waals surface area contributed by atoms with Gasteiger partial charge >= 0.3 is 0 Å². The van der Waals surface area contributed by atoms with Crippen molar-refractivity contribution in [2.45, 2.75) is 12.6 Å². The molecular formula is C12H18N2O. The zero-order valence-corrected chi connectivity index (χ0v) is 8.89. The molecule has 3 heteroatoms. The minimum atomic E-state index is 0.236. The highest BCUT2D eigenvalue weighted by Gasteiger charge is 2.20. The summed E-state index contributed by atoms with van der Waals surface area (Å²) in [5.41, 5.74) is 1.32. The topological polar surface area (TPSA) is 35.5 Å². The van der Waals surface area contributed by atoms with E-state index in [0.29, 0.717) is 0 Å². The molecule has 0 saturated carbocycles. The van der Waals surface area contributed by atoms with Crippen LogP contribution in [-0.2, 0) is 6.54 Å². The summed E-state index contributed by atoms with van der Waals surface area (Å²) in [6.45, 7) is 4.10. The van der Waals surface area contributed by atoms with Gasteiger partial charge in [0.05, 0.1) is 6.61 Å². The lowest BCUT2D eigenvalue weighted by atomic mass is 10.1. The molecule has 0 bridgehead atoms. The monoisotopic (exact) mass is 206 g/mol. The molecular weight excluding hydrogens is 188 g/mol. The fraction of sp³-hybridized carbons (Fsp3) is 0.500. The Labute approximate surface area is 90.7 Å². The maximum atomic E-state index is 9.26. The number of rotatable bonds is 3. The van der Waals surface area contributed by atoms with Gasteiger partial charge in [-0.1, -0.05) is 30.3 Å². The third-order valence-electron chi connectivity index (χ3n) is 2.91. The molecule has 1 aliphatic heterocycles. The molecule has 1 aliphatic rings. The summed E-state index contributed by atoms with van der Waals surface area (Å²) in [6, 6.07) is 10.7. The van der Waals surface area contributed by atoms with Crippen molar-refractivity contribution < 1.29 is 5.11 Å². The molecule has 3 nitrogen and oxygen atoms in total. The Morgan fingerprint density at radius 3 is 2.87 bits per heavy atom. The smallest absolute Gasteiger partial charge is 0.0599 e. The van der Waals surface area contributed by atoms with Crippen molar-refractivity contribution in [2.75, 3.05) is 26.2 Å². The molecule has 0 amide bonds. The van der Waals surface area contributed by atoms with Crippen LogP contribution in [0.5, 0.6) is 0 Å². The van der Waals surface area contributed by atoms with Crippen LogP contribution < -0.4 is 5.32 Å². The van der Waals surface area contributed by atoms with Crippen molar-refractivity contribution in [2.24, 2.45) is 0 Å². The molecule has 1 aromatic rings. The SMILES string of the molecule is OCC1CNCCN1Cc1ccccc1. The number of benzene rings is 1. The number of nitrogens with zero attached hydrogens (tertiary/aromatic N) is 1. The third-order valence-corrected chi connectivity index (χ3v) is 2.91. The molecule has 1 fully saturated rings. The first-order valence-corrected chi connectivity index (χ1v) is 5.49. The molecule has 2 N–H and O–H groups in total. The Kier molecular flexibility index (Phi) is 3.72. The molecule has 0 radical (unpaired) electrons. The van der Waals surface area contributed by atoms with Gasteiger partial charge in [0.15, 0.2) is 0 Å². The normalized spacial score (nSPS) is 22.9. The molecule has 1 heterocycles. The van der Waals surface area contributed by atoms with Crippen molar-refractivity contribution in [3.05, 3.63) is 35.9 Å². The third kappa shape index (κ3) is 2.78. The number of piperazine rings is 1. The average molecular weight is 206 g/mol. The van der Waals surface area contributed by atoms with E-state index in [9.17, 15) is 5.11 Å². The largest absolute Gasteiger partial charge is 0.395 e. The van der Waals surface area contributed by atoms with Gasteiger partial charge in [0, 0.05) is 32.2 Å². The number of hydrogen-bond donors (Lipinski definition) is 2. The first kappa shape index (κ1) is 10.6. The molecule has 82 valence electrons. The molecule has 15 heavy (non-hydrogen) atoms. The number of aliphatic hydroxyl groups excluding tert-OH is 1. The van der Waals surface area contributed by atoms with Crippen LogP contribution in [0.25, 0.3) is 0 Å². The lowest BCUT2D eigenvalue weighted by Crippen LogP contribution is -2.52. The van der Waals surface area contributed by atoms with Crippen molar-refractivity contribution >= 4 is 0 Å². The Morgan fingerprint density at radius 2 is 2.13 bits per heavy atom. The maximum absolute atomic E-state index is 9.26. The van der Waals surface area contributed by atoms with E-state index in [1.54, 1.807) is 0 Å².